The van der Waals surface area contributed by atoms with E-state index in [2.05, 4.69) is 285 Å². The van der Waals surface area contributed by atoms with Gasteiger partial charge in [0.25, 0.3) is 0 Å². The first kappa shape index (κ1) is 41.9. The van der Waals surface area contributed by atoms with Crippen molar-refractivity contribution in [3.8, 4) is 45.4 Å². The Balaban J connectivity index is 0.859. The lowest BCUT2D eigenvalue weighted by molar-refractivity contribution is 0.436. The first-order chi connectivity index (χ1) is 38.7. The van der Waals surface area contributed by atoms with Crippen molar-refractivity contribution in [3.05, 3.63) is 289 Å². The van der Waals surface area contributed by atoms with E-state index in [1.165, 1.54) is 92.9 Å². The van der Waals surface area contributed by atoms with Crippen molar-refractivity contribution in [1.29, 1.82) is 0 Å². The number of aromatic nitrogens is 4. The Bertz CT molecular complexity index is 5170. The van der Waals surface area contributed by atoms with E-state index in [1.807, 2.05) is 0 Å². The smallest absolute Gasteiger partial charge is 0.132 e. The quantitative estimate of drug-likeness (QED) is 0.173. The number of hydrogen-bond donors (Lipinski definition) is 0. The second-order valence-corrected chi connectivity index (χ2v) is 21.2. The van der Waals surface area contributed by atoms with E-state index in [9.17, 15) is 0 Å². The minimum Gasteiger partial charge on any atom is -0.457 e. The molecule has 5 nitrogen and oxygen atoms in total. The summed E-state index contributed by atoms with van der Waals surface area (Å²) < 4.78 is 16.8. The topological polar surface area (TPSA) is 28.9 Å². The van der Waals surface area contributed by atoms with Crippen molar-refractivity contribution in [2.24, 2.45) is 0 Å². The first-order valence-corrected chi connectivity index (χ1v) is 26.9. The third-order valence-corrected chi connectivity index (χ3v) is 17.4. The van der Waals surface area contributed by atoms with E-state index in [4.69, 9.17) is 4.74 Å². The van der Waals surface area contributed by atoms with Gasteiger partial charge in [-0.2, -0.15) is 0 Å². The maximum Gasteiger partial charge on any atom is 0.132 e. The standard InChI is InChI=1S/C73H44N4O/c1-8-24-59-49(17-1)50-37-33-47(76-67-30-14-6-22-55(67)57-41-45(34-38-69(57)76)74-63-26-10-2-18-51(63)52-19-3-11-27-64(52)74)43-61(50)73(59)60-25-9-16-32-71(60)78-72-40-36-48(44-62(72)73)77-68-31-15-7-23-56(68)58-42-46(35-39-70(58)77)75-65-28-12-4-20-53(65)54-21-5-13-29-66(54)75/h1-44H. The summed E-state index contributed by atoms with van der Waals surface area (Å²) in [6.45, 7) is 0. The van der Waals surface area contributed by atoms with E-state index < -0.39 is 5.41 Å². The predicted octanol–water partition coefficient (Wildman–Crippen LogP) is 18.5. The lowest BCUT2D eigenvalue weighted by Crippen LogP contribution is -2.32. The Labute approximate surface area is 447 Å². The molecule has 16 aromatic rings. The van der Waals surface area contributed by atoms with E-state index in [0.29, 0.717) is 0 Å². The third-order valence-electron chi connectivity index (χ3n) is 17.4. The van der Waals surface area contributed by atoms with Crippen molar-refractivity contribution >= 4 is 87.2 Å². The van der Waals surface area contributed by atoms with E-state index >= 15 is 0 Å². The van der Waals surface area contributed by atoms with Crippen molar-refractivity contribution in [2.75, 3.05) is 0 Å². The Morgan fingerprint density at radius 2 is 0.538 bits per heavy atom. The number of nitrogens with zero attached hydrogens (tertiary/aromatic N) is 4. The molecule has 4 aromatic heterocycles. The van der Waals surface area contributed by atoms with Gasteiger partial charge < -0.3 is 23.0 Å². The number of fused-ring (bicyclic) bond motifs is 21. The molecule has 1 spiro atoms. The predicted molar refractivity (Wildman–Crippen MR) is 321 cm³/mol. The van der Waals surface area contributed by atoms with Crippen LogP contribution in [0.15, 0.2) is 267 Å². The van der Waals surface area contributed by atoms with Crippen LogP contribution in [0.1, 0.15) is 22.3 Å². The van der Waals surface area contributed by atoms with Gasteiger partial charge in [0.2, 0.25) is 0 Å². The van der Waals surface area contributed by atoms with E-state index in [0.717, 1.165) is 61.9 Å². The van der Waals surface area contributed by atoms with Crippen LogP contribution in [-0.2, 0) is 5.41 Å². The fourth-order valence-electron chi connectivity index (χ4n) is 14.3. The second-order valence-electron chi connectivity index (χ2n) is 21.2. The van der Waals surface area contributed by atoms with Gasteiger partial charge in [0.1, 0.15) is 11.5 Å². The van der Waals surface area contributed by atoms with Crippen molar-refractivity contribution < 1.29 is 4.74 Å². The monoisotopic (exact) mass is 992 g/mol. The summed E-state index contributed by atoms with van der Waals surface area (Å²) in [7, 11) is 0. The maximum absolute atomic E-state index is 7.06. The summed E-state index contributed by atoms with van der Waals surface area (Å²) in [6.07, 6.45) is 0. The van der Waals surface area contributed by atoms with E-state index in [-0.39, 0.29) is 0 Å². The molecular weight excluding hydrogens is 949 g/mol. The number of para-hydroxylation sites is 7. The zero-order valence-electron chi connectivity index (χ0n) is 42.1. The van der Waals surface area contributed by atoms with Crippen molar-refractivity contribution in [3.63, 3.8) is 0 Å². The van der Waals surface area contributed by atoms with Crippen LogP contribution in [0, 0.1) is 0 Å². The largest absolute Gasteiger partial charge is 0.457 e. The number of rotatable bonds is 4. The summed E-state index contributed by atoms with van der Waals surface area (Å²) in [5, 5.41) is 9.86. The molecule has 5 heterocycles. The number of ether oxygens (including phenoxy) is 1. The van der Waals surface area contributed by atoms with Crippen LogP contribution in [0.5, 0.6) is 11.5 Å². The molecule has 0 bridgehead atoms. The third kappa shape index (κ3) is 5.39. The highest BCUT2D eigenvalue weighted by Gasteiger charge is 2.51. The molecule has 1 unspecified atom stereocenters. The molecule has 18 rings (SSSR count). The first-order valence-electron chi connectivity index (χ1n) is 26.9. The molecule has 0 saturated heterocycles. The van der Waals surface area contributed by atoms with Gasteiger partial charge in [-0.3, -0.25) is 0 Å². The fraction of sp³-hybridized carbons (Fsp3) is 0.0137. The zero-order chi connectivity index (χ0) is 50.8. The van der Waals surface area contributed by atoms with Crippen LogP contribution in [0.4, 0.5) is 0 Å². The van der Waals surface area contributed by atoms with Crippen molar-refractivity contribution in [2.45, 2.75) is 5.41 Å². The molecule has 362 valence electrons. The summed E-state index contributed by atoms with van der Waals surface area (Å²) >= 11 is 0. The van der Waals surface area contributed by atoms with Gasteiger partial charge in [0, 0.05) is 77.0 Å². The van der Waals surface area contributed by atoms with Gasteiger partial charge >= 0.3 is 0 Å². The highest BCUT2D eigenvalue weighted by molar-refractivity contribution is 6.14. The van der Waals surface area contributed by atoms with Gasteiger partial charge in [0.05, 0.1) is 49.5 Å². The highest BCUT2D eigenvalue weighted by Crippen LogP contribution is 2.63. The maximum atomic E-state index is 7.06. The molecule has 0 saturated carbocycles. The summed E-state index contributed by atoms with van der Waals surface area (Å²) in [6, 6.07) is 98.6. The number of benzene rings is 12. The second kappa shape index (κ2) is 15.4. The molecular formula is C73H44N4O. The molecule has 0 amide bonds. The molecule has 5 heteroatoms. The Morgan fingerprint density at radius 3 is 1.03 bits per heavy atom. The van der Waals surface area contributed by atoms with Gasteiger partial charge in [-0.25, -0.2) is 0 Å². The normalized spacial score (nSPS) is 14.6. The molecule has 0 radical (unpaired) electrons. The highest BCUT2D eigenvalue weighted by atomic mass is 16.5. The average Bonchev–Trinajstić information content (AvgIpc) is 4.00. The SMILES string of the molecule is c1ccc2c(c1)Oc1ccc(-n3c4ccccc4c4cc(-n5c6ccccc6c6ccccc65)ccc43)cc1C21c2ccccc2-c2ccc(-n3c4ccccc4c4cc(-n5c6ccccc6c6ccccc65)ccc43)cc21. The van der Waals surface area contributed by atoms with Crippen LogP contribution in [0.2, 0.25) is 0 Å². The molecule has 2 aliphatic rings. The van der Waals surface area contributed by atoms with Crippen LogP contribution in [0.25, 0.3) is 121 Å². The van der Waals surface area contributed by atoms with Crippen LogP contribution >= 0.6 is 0 Å². The zero-order valence-corrected chi connectivity index (χ0v) is 42.1. The summed E-state index contributed by atoms with van der Waals surface area (Å²) in [5.74, 6) is 1.73. The Kier molecular flexibility index (Phi) is 8.27. The van der Waals surface area contributed by atoms with Gasteiger partial charge in [0.15, 0.2) is 0 Å². The summed E-state index contributed by atoms with van der Waals surface area (Å²) in [4.78, 5) is 0. The minimum atomic E-state index is -0.715. The average molecular weight is 993 g/mol. The molecule has 1 aliphatic heterocycles. The molecule has 0 N–H and O–H groups in total. The summed E-state index contributed by atoms with van der Waals surface area (Å²) in [5.41, 5.74) is 20.4. The molecule has 1 atom stereocenters. The van der Waals surface area contributed by atoms with E-state index in [1.54, 1.807) is 0 Å². The van der Waals surface area contributed by atoms with Gasteiger partial charge in [-0.05, 0) is 131 Å². The molecule has 0 fully saturated rings. The van der Waals surface area contributed by atoms with Crippen LogP contribution < -0.4 is 4.74 Å². The minimum absolute atomic E-state index is 0.715. The fourth-order valence-corrected chi connectivity index (χ4v) is 14.3. The van der Waals surface area contributed by atoms with Crippen LogP contribution in [0.3, 0.4) is 0 Å². The molecule has 12 aromatic carbocycles. The molecule has 1 aliphatic carbocycles. The van der Waals surface area contributed by atoms with Gasteiger partial charge in [-0.15, -0.1) is 0 Å². The lowest BCUT2D eigenvalue weighted by Gasteiger charge is -2.39. The van der Waals surface area contributed by atoms with Crippen LogP contribution in [-0.4, -0.2) is 18.3 Å². The van der Waals surface area contributed by atoms with Crippen molar-refractivity contribution in [1.82, 2.24) is 18.3 Å². The Hall–Kier alpha value is -10.4. The Morgan fingerprint density at radius 1 is 0.218 bits per heavy atom. The van der Waals surface area contributed by atoms with Gasteiger partial charge in [-0.1, -0.05) is 158 Å². The lowest BCUT2D eigenvalue weighted by atomic mass is 9.66. The number of hydrogen-bond acceptors (Lipinski definition) is 1. The molecule has 78 heavy (non-hydrogen) atoms.